The molecular weight excluding hydrogens is 267 g/mol. The van der Waals surface area contributed by atoms with Gasteiger partial charge in [0.05, 0.1) is 24.5 Å². The van der Waals surface area contributed by atoms with Gasteiger partial charge in [0, 0.05) is 11.1 Å². The molecule has 2 heterocycles. The summed E-state index contributed by atoms with van der Waals surface area (Å²) >= 11 is 5.90. The monoisotopic (exact) mass is 274 g/mol. The quantitative estimate of drug-likeness (QED) is 0.593. The maximum atomic E-state index is 13.0. The number of benzene rings is 1. The summed E-state index contributed by atoms with van der Waals surface area (Å²) in [5.41, 5.74) is 3.05. The normalized spacial score (nSPS) is 13.2. The van der Waals surface area contributed by atoms with E-state index in [1.54, 1.807) is 17.0 Å². The summed E-state index contributed by atoms with van der Waals surface area (Å²) in [6, 6.07) is 6.02. The van der Waals surface area contributed by atoms with Crippen LogP contribution in [0.15, 0.2) is 24.3 Å². The van der Waals surface area contributed by atoms with Gasteiger partial charge in [0.1, 0.15) is 5.82 Å². The van der Waals surface area contributed by atoms with Gasteiger partial charge in [-0.15, -0.1) is 0 Å². The average Bonchev–Trinajstić information content (AvgIpc) is 2.81. The molecule has 0 atom stereocenters. The first kappa shape index (κ1) is 11.9. The lowest BCUT2D eigenvalue weighted by atomic mass is 10.1. The van der Waals surface area contributed by atoms with Crippen molar-refractivity contribution in [1.82, 2.24) is 14.9 Å². The van der Waals surface area contributed by atoms with Crippen molar-refractivity contribution in [2.45, 2.75) is 13.1 Å². The fourth-order valence-electron chi connectivity index (χ4n) is 2.14. The van der Waals surface area contributed by atoms with Crippen LogP contribution in [0.2, 0.25) is 5.28 Å². The van der Waals surface area contributed by atoms with E-state index in [2.05, 4.69) is 16.2 Å². The lowest BCUT2D eigenvalue weighted by molar-refractivity contribution is 0.415. The molecular formula is C13H8ClFN4. The van der Waals surface area contributed by atoms with Crippen molar-refractivity contribution in [1.29, 1.82) is 5.26 Å². The zero-order valence-corrected chi connectivity index (χ0v) is 10.5. The van der Waals surface area contributed by atoms with Gasteiger partial charge < -0.3 is 4.90 Å². The van der Waals surface area contributed by atoms with Crippen LogP contribution in [0.5, 0.6) is 0 Å². The van der Waals surface area contributed by atoms with Crippen LogP contribution >= 0.6 is 11.6 Å². The number of fused-ring (bicyclic) bond motifs is 1. The van der Waals surface area contributed by atoms with Crippen LogP contribution in [0.25, 0.3) is 11.3 Å². The highest BCUT2D eigenvalue weighted by molar-refractivity contribution is 6.28. The van der Waals surface area contributed by atoms with Crippen LogP contribution < -0.4 is 0 Å². The third-order valence-electron chi connectivity index (χ3n) is 3.01. The number of nitriles is 1. The number of nitrogens with zero attached hydrogens (tertiary/aromatic N) is 4. The summed E-state index contributed by atoms with van der Waals surface area (Å²) < 4.78 is 13.0. The molecule has 0 spiro atoms. The lowest BCUT2D eigenvalue weighted by Crippen LogP contribution is -2.07. The van der Waals surface area contributed by atoms with Crippen LogP contribution in [0, 0.1) is 17.3 Å². The zero-order chi connectivity index (χ0) is 13.4. The molecule has 0 saturated carbocycles. The van der Waals surface area contributed by atoms with Gasteiger partial charge in [-0.25, -0.2) is 14.4 Å². The summed E-state index contributed by atoms with van der Waals surface area (Å²) in [7, 11) is 0. The Morgan fingerprint density at radius 2 is 1.95 bits per heavy atom. The third-order valence-corrected chi connectivity index (χ3v) is 3.18. The first-order chi connectivity index (χ1) is 9.17. The third kappa shape index (κ3) is 2.11. The highest BCUT2D eigenvalue weighted by Gasteiger charge is 2.24. The standard InChI is InChI=1S/C13H8ClFN4/c14-13-17-11-6-19(7-16)5-10(11)12(18-13)8-1-3-9(15)4-2-8/h1-4H,5-6H2. The summed E-state index contributed by atoms with van der Waals surface area (Å²) in [5.74, 6) is -0.306. The van der Waals surface area contributed by atoms with Gasteiger partial charge in [0.15, 0.2) is 6.19 Å². The Kier molecular flexibility index (Phi) is 2.80. The van der Waals surface area contributed by atoms with E-state index in [0.29, 0.717) is 18.8 Å². The van der Waals surface area contributed by atoms with Crippen LogP contribution in [0.3, 0.4) is 0 Å². The molecule has 3 rings (SSSR count). The van der Waals surface area contributed by atoms with Gasteiger partial charge in [-0.3, -0.25) is 0 Å². The molecule has 1 aromatic heterocycles. The van der Waals surface area contributed by atoms with Crippen molar-refractivity contribution in [2.75, 3.05) is 0 Å². The van der Waals surface area contributed by atoms with E-state index >= 15 is 0 Å². The Bertz CT molecular complexity index is 678. The van der Waals surface area contributed by atoms with E-state index in [1.807, 2.05) is 0 Å². The number of hydrogen-bond acceptors (Lipinski definition) is 4. The van der Waals surface area contributed by atoms with Gasteiger partial charge in [-0.05, 0) is 35.9 Å². The van der Waals surface area contributed by atoms with Gasteiger partial charge in [-0.2, -0.15) is 5.26 Å². The van der Waals surface area contributed by atoms with Crippen LogP contribution in [-0.2, 0) is 13.1 Å². The van der Waals surface area contributed by atoms with Gasteiger partial charge >= 0.3 is 0 Å². The highest BCUT2D eigenvalue weighted by atomic mass is 35.5. The topological polar surface area (TPSA) is 52.8 Å². The number of rotatable bonds is 1. The second-order valence-electron chi connectivity index (χ2n) is 4.23. The predicted molar refractivity (Wildman–Crippen MR) is 67.3 cm³/mol. The molecule has 2 aromatic rings. The molecule has 0 saturated heterocycles. The Balaban J connectivity index is 2.13. The van der Waals surface area contributed by atoms with E-state index in [0.717, 1.165) is 16.8 Å². The molecule has 0 fully saturated rings. The zero-order valence-electron chi connectivity index (χ0n) is 9.77. The maximum Gasteiger partial charge on any atom is 0.223 e. The van der Waals surface area contributed by atoms with Crippen molar-refractivity contribution in [3.8, 4) is 17.5 Å². The largest absolute Gasteiger partial charge is 0.300 e. The minimum atomic E-state index is -0.306. The Morgan fingerprint density at radius 3 is 2.63 bits per heavy atom. The summed E-state index contributed by atoms with van der Waals surface area (Å²) in [5, 5.41) is 9.09. The van der Waals surface area contributed by atoms with E-state index in [1.165, 1.54) is 12.1 Å². The molecule has 19 heavy (non-hydrogen) atoms. The van der Waals surface area contributed by atoms with Crippen molar-refractivity contribution < 1.29 is 4.39 Å². The van der Waals surface area contributed by atoms with Crippen molar-refractivity contribution in [3.05, 3.63) is 46.6 Å². The summed E-state index contributed by atoms with van der Waals surface area (Å²) in [4.78, 5) is 9.92. The molecule has 94 valence electrons. The molecule has 6 heteroatoms. The molecule has 1 aliphatic heterocycles. The van der Waals surface area contributed by atoms with Gasteiger partial charge in [0.25, 0.3) is 0 Å². The number of halogens is 2. The average molecular weight is 275 g/mol. The Morgan fingerprint density at radius 1 is 1.21 bits per heavy atom. The molecule has 4 nitrogen and oxygen atoms in total. The minimum Gasteiger partial charge on any atom is -0.300 e. The molecule has 0 N–H and O–H groups in total. The number of hydrogen-bond donors (Lipinski definition) is 0. The first-order valence-electron chi connectivity index (χ1n) is 5.63. The van der Waals surface area contributed by atoms with E-state index in [-0.39, 0.29) is 11.1 Å². The van der Waals surface area contributed by atoms with Crippen LogP contribution in [0.4, 0.5) is 4.39 Å². The number of aromatic nitrogens is 2. The molecule has 0 unspecified atom stereocenters. The van der Waals surface area contributed by atoms with Crippen molar-refractivity contribution in [3.63, 3.8) is 0 Å². The second-order valence-corrected chi connectivity index (χ2v) is 4.57. The van der Waals surface area contributed by atoms with Crippen molar-refractivity contribution >= 4 is 11.6 Å². The minimum absolute atomic E-state index is 0.137. The second kappa shape index (κ2) is 4.48. The lowest BCUT2D eigenvalue weighted by Gasteiger charge is -2.07. The highest BCUT2D eigenvalue weighted by Crippen LogP contribution is 2.31. The summed E-state index contributed by atoms with van der Waals surface area (Å²) in [6.07, 6.45) is 2.08. The maximum absolute atomic E-state index is 13.0. The Labute approximate surface area is 114 Å². The van der Waals surface area contributed by atoms with Crippen molar-refractivity contribution in [2.24, 2.45) is 0 Å². The fraction of sp³-hybridized carbons (Fsp3) is 0.154. The van der Waals surface area contributed by atoms with Gasteiger partial charge in [-0.1, -0.05) is 0 Å². The molecule has 1 aromatic carbocycles. The van der Waals surface area contributed by atoms with E-state index in [4.69, 9.17) is 16.9 Å². The van der Waals surface area contributed by atoms with E-state index in [9.17, 15) is 4.39 Å². The predicted octanol–water partition coefficient (Wildman–Crippen LogP) is 2.73. The van der Waals surface area contributed by atoms with Gasteiger partial charge in [0.2, 0.25) is 5.28 Å². The molecule has 1 aliphatic rings. The molecule has 0 aliphatic carbocycles. The van der Waals surface area contributed by atoms with Crippen LogP contribution in [0.1, 0.15) is 11.3 Å². The molecule has 0 bridgehead atoms. The first-order valence-corrected chi connectivity index (χ1v) is 6.01. The SMILES string of the molecule is N#CN1Cc2nc(Cl)nc(-c3ccc(F)cc3)c2C1. The fourth-order valence-corrected chi connectivity index (χ4v) is 2.33. The Hall–Kier alpha value is -2.19. The van der Waals surface area contributed by atoms with Crippen LogP contribution in [-0.4, -0.2) is 14.9 Å². The molecule has 0 amide bonds. The van der Waals surface area contributed by atoms with E-state index < -0.39 is 0 Å². The molecule has 0 radical (unpaired) electrons. The smallest absolute Gasteiger partial charge is 0.223 e. The summed E-state index contributed by atoms with van der Waals surface area (Å²) in [6.45, 7) is 0.887.